The van der Waals surface area contributed by atoms with E-state index < -0.39 is 0 Å². The summed E-state index contributed by atoms with van der Waals surface area (Å²) in [4.78, 5) is 28.7. The predicted octanol–water partition coefficient (Wildman–Crippen LogP) is 3.79. The van der Waals surface area contributed by atoms with E-state index in [1.807, 2.05) is 36.4 Å². The number of fused-ring (bicyclic) bond motifs is 2. The van der Waals surface area contributed by atoms with Crippen molar-refractivity contribution in [3.8, 4) is 22.7 Å². The van der Waals surface area contributed by atoms with E-state index in [0.29, 0.717) is 39.4 Å². The summed E-state index contributed by atoms with van der Waals surface area (Å²) in [5.41, 5.74) is 3.76. The van der Waals surface area contributed by atoms with E-state index in [0.717, 1.165) is 5.56 Å². The molecule has 1 N–H and O–H groups in total. The quantitative estimate of drug-likeness (QED) is 0.528. The second kappa shape index (κ2) is 5.63. The molecular formula is C20H12N4O2. The summed E-state index contributed by atoms with van der Waals surface area (Å²) in [7, 11) is 0. The Morgan fingerprint density at radius 3 is 2.69 bits per heavy atom. The van der Waals surface area contributed by atoms with Gasteiger partial charge in [-0.15, -0.1) is 0 Å². The summed E-state index contributed by atoms with van der Waals surface area (Å²) < 4.78 is 5.83. The average molecular weight is 340 g/mol. The van der Waals surface area contributed by atoms with E-state index in [4.69, 9.17) is 4.42 Å². The molecule has 0 amide bonds. The molecule has 1 aromatic carbocycles. The highest BCUT2D eigenvalue weighted by atomic mass is 16.4. The van der Waals surface area contributed by atoms with Gasteiger partial charge in [-0.3, -0.25) is 4.79 Å². The summed E-state index contributed by atoms with van der Waals surface area (Å²) in [5.74, 6) is 0.384. The Labute approximate surface area is 147 Å². The molecule has 0 saturated heterocycles. The van der Waals surface area contributed by atoms with Crippen LogP contribution in [0.25, 0.3) is 45.0 Å². The smallest absolute Gasteiger partial charge is 0.247 e. The highest BCUT2D eigenvalue weighted by Crippen LogP contribution is 2.33. The van der Waals surface area contributed by atoms with Gasteiger partial charge in [0.25, 0.3) is 0 Å². The maximum atomic E-state index is 12.3. The van der Waals surface area contributed by atoms with Crippen molar-refractivity contribution in [3.05, 3.63) is 77.2 Å². The number of nitrogens with zero attached hydrogens (tertiary/aromatic N) is 3. The molecule has 0 aliphatic carbocycles. The van der Waals surface area contributed by atoms with Gasteiger partial charge in [0.1, 0.15) is 11.2 Å². The fourth-order valence-corrected chi connectivity index (χ4v) is 2.96. The fraction of sp³-hybridized carbons (Fsp3) is 0. The van der Waals surface area contributed by atoms with Crippen molar-refractivity contribution in [1.29, 1.82) is 0 Å². The SMILES string of the molecule is O=c1cc[nH]c2nc(-c3ccccc3)c(-c3nc4cccnc4o3)cc12. The monoisotopic (exact) mass is 340 g/mol. The van der Waals surface area contributed by atoms with Crippen LogP contribution in [0.2, 0.25) is 0 Å². The number of pyridine rings is 3. The van der Waals surface area contributed by atoms with Gasteiger partial charge in [0, 0.05) is 24.0 Å². The first-order chi connectivity index (χ1) is 12.8. The molecule has 5 rings (SSSR count). The Hall–Kier alpha value is -3.80. The molecule has 0 aliphatic rings. The highest BCUT2D eigenvalue weighted by molar-refractivity contribution is 5.89. The zero-order valence-electron chi connectivity index (χ0n) is 13.5. The third kappa shape index (κ3) is 2.28. The van der Waals surface area contributed by atoms with Gasteiger partial charge in [-0.05, 0) is 18.2 Å². The number of oxazole rings is 1. The van der Waals surface area contributed by atoms with Crippen molar-refractivity contribution in [3.63, 3.8) is 0 Å². The maximum absolute atomic E-state index is 12.3. The normalized spacial score (nSPS) is 11.2. The minimum absolute atomic E-state index is 0.110. The van der Waals surface area contributed by atoms with Gasteiger partial charge in [0.05, 0.1) is 16.6 Å². The van der Waals surface area contributed by atoms with E-state index in [9.17, 15) is 4.79 Å². The molecule has 0 radical (unpaired) electrons. The first-order valence-electron chi connectivity index (χ1n) is 8.09. The lowest BCUT2D eigenvalue weighted by atomic mass is 10.0. The zero-order chi connectivity index (χ0) is 17.5. The summed E-state index contributed by atoms with van der Waals surface area (Å²) in [6, 6.07) is 16.6. The second-order valence-electron chi connectivity index (χ2n) is 5.84. The van der Waals surface area contributed by atoms with Gasteiger partial charge >= 0.3 is 0 Å². The third-order valence-electron chi connectivity index (χ3n) is 4.19. The summed E-state index contributed by atoms with van der Waals surface area (Å²) >= 11 is 0. The number of hydrogen-bond donors (Lipinski definition) is 1. The van der Waals surface area contributed by atoms with Gasteiger partial charge in [0.2, 0.25) is 11.6 Å². The lowest BCUT2D eigenvalue weighted by Gasteiger charge is -2.08. The molecule has 6 nitrogen and oxygen atoms in total. The van der Waals surface area contributed by atoms with Crippen LogP contribution in [0.4, 0.5) is 0 Å². The molecule has 4 aromatic heterocycles. The Balaban J connectivity index is 1.87. The van der Waals surface area contributed by atoms with Gasteiger partial charge in [-0.25, -0.2) is 15.0 Å². The van der Waals surface area contributed by atoms with Crippen LogP contribution in [-0.2, 0) is 0 Å². The van der Waals surface area contributed by atoms with Crippen molar-refractivity contribution in [2.75, 3.05) is 0 Å². The summed E-state index contributed by atoms with van der Waals surface area (Å²) in [6.07, 6.45) is 3.24. The molecule has 6 heteroatoms. The maximum Gasteiger partial charge on any atom is 0.247 e. The molecule has 0 unspecified atom stereocenters. The average Bonchev–Trinajstić information content (AvgIpc) is 3.12. The Bertz CT molecular complexity index is 1270. The number of nitrogens with one attached hydrogen (secondary N) is 1. The third-order valence-corrected chi connectivity index (χ3v) is 4.19. The Morgan fingerprint density at radius 2 is 1.85 bits per heavy atom. The first kappa shape index (κ1) is 14.5. The molecule has 5 aromatic rings. The zero-order valence-corrected chi connectivity index (χ0v) is 13.5. The molecule has 4 heterocycles. The van der Waals surface area contributed by atoms with Gasteiger partial charge in [-0.2, -0.15) is 0 Å². The van der Waals surface area contributed by atoms with E-state index in [-0.39, 0.29) is 5.43 Å². The van der Waals surface area contributed by atoms with E-state index >= 15 is 0 Å². The van der Waals surface area contributed by atoms with Crippen LogP contribution in [-0.4, -0.2) is 19.9 Å². The second-order valence-corrected chi connectivity index (χ2v) is 5.84. The number of rotatable bonds is 2. The van der Waals surface area contributed by atoms with E-state index in [1.165, 1.54) is 6.07 Å². The number of hydrogen-bond acceptors (Lipinski definition) is 5. The molecule has 0 saturated carbocycles. The molecular weight excluding hydrogens is 328 g/mol. The topological polar surface area (TPSA) is 84.7 Å². The summed E-state index contributed by atoms with van der Waals surface area (Å²) in [5, 5.41) is 0.484. The van der Waals surface area contributed by atoms with Crippen LogP contribution < -0.4 is 5.43 Å². The highest BCUT2D eigenvalue weighted by Gasteiger charge is 2.17. The lowest BCUT2D eigenvalue weighted by molar-refractivity contribution is 0.608. The minimum Gasteiger partial charge on any atom is -0.418 e. The predicted molar refractivity (Wildman–Crippen MR) is 98.6 cm³/mol. The van der Waals surface area contributed by atoms with Gasteiger partial charge in [-0.1, -0.05) is 30.3 Å². The lowest BCUT2D eigenvalue weighted by Crippen LogP contribution is -2.03. The van der Waals surface area contributed by atoms with Crippen molar-refractivity contribution in [2.24, 2.45) is 0 Å². The Kier molecular flexibility index (Phi) is 3.15. The van der Waals surface area contributed by atoms with Crippen molar-refractivity contribution >= 4 is 22.3 Å². The molecule has 124 valence electrons. The number of H-pyrrole nitrogens is 1. The van der Waals surface area contributed by atoms with E-state index in [1.54, 1.807) is 24.5 Å². The van der Waals surface area contributed by atoms with Crippen LogP contribution in [0.1, 0.15) is 0 Å². The van der Waals surface area contributed by atoms with Crippen LogP contribution in [0.15, 0.2) is 76.2 Å². The number of aromatic amines is 1. The van der Waals surface area contributed by atoms with E-state index in [2.05, 4.69) is 19.9 Å². The van der Waals surface area contributed by atoms with Crippen LogP contribution in [0.5, 0.6) is 0 Å². The molecule has 0 aliphatic heterocycles. The molecule has 0 spiro atoms. The number of benzene rings is 1. The van der Waals surface area contributed by atoms with Gasteiger partial charge < -0.3 is 9.40 Å². The standard InChI is InChI=1S/C20H12N4O2/c25-16-8-10-21-18-13(16)11-14(17(24-18)12-5-2-1-3-6-12)19-23-15-7-4-9-22-20(15)26-19/h1-11H,(H,21,24,25). The molecule has 0 atom stereocenters. The molecule has 26 heavy (non-hydrogen) atoms. The largest absolute Gasteiger partial charge is 0.418 e. The van der Waals surface area contributed by atoms with Gasteiger partial charge in [0.15, 0.2) is 5.43 Å². The van der Waals surface area contributed by atoms with Crippen LogP contribution >= 0.6 is 0 Å². The first-order valence-corrected chi connectivity index (χ1v) is 8.09. The van der Waals surface area contributed by atoms with Crippen molar-refractivity contribution in [1.82, 2.24) is 19.9 Å². The minimum atomic E-state index is -0.110. The number of aromatic nitrogens is 4. The van der Waals surface area contributed by atoms with Crippen molar-refractivity contribution in [2.45, 2.75) is 0 Å². The Morgan fingerprint density at radius 1 is 0.962 bits per heavy atom. The van der Waals surface area contributed by atoms with Crippen molar-refractivity contribution < 1.29 is 4.42 Å². The fourth-order valence-electron chi connectivity index (χ4n) is 2.96. The van der Waals surface area contributed by atoms with Crippen LogP contribution in [0, 0.1) is 0 Å². The summed E-state index contributed by atoms with van der Waals surface area (Å²) in [6.45, 7) is 0. The molecule has 0 fully saturated rings. The molecule has 0 bridgehead atoms. The van der Waals surface area contributed by atoms with Crippen LogP contribution in [0.3, 0.4) is 0 Å².